The number of benzene rings is 1. The minimum Gasteiger partial charge on any atom is -0.484 e. The Balaban J connectivity index is 1.49. The SMILES string of the molecule is O=C(COc1ccc(F)cc1)N1CCC(c2ccnn2CCO)CC1. The van der Waals surface area contributed by atoms with E-state index in [0.717, 1.165) is 18.5 Å². The van der Waals surface area contributed by atoms with Crippen LogP contribution in [0.5, 0.6) is 5.75 Å². The summed E-state index contributed by atoms with van der Waals surface area (Å²) in [5.41, 5.74) is 1.11. The van der Waals surface area contributed by atoms with Crippen LogP contribution in [0.4, 0.5) is 4.39 Å². The van der Waals surface area contributed by atoms with Gasteiger partial charge in [-0.1, -0.05) is 0 Å². The largest absolute Gasteiger partial charge is 0.484 e. The zero-order chi connectivity index (χ0) is 17.6. The van der Waals surface area contributed by atoms with Gasteiger partial charge in [0.25, 0.3) is 5.91 Å². The Labute approximate surface area is 145 Å². The molecule has 0 spiro atoms. The average molecular weight is 347 g/mol. The summed E-state index contributed by atoms with van der Waals surface area (Å²) in [5.74, 6) is 0.432. The number of aliphatic hydroxyl groups excluding tert-OH is 1. The van der Waals surface area contributed by atoms with Crippen molar-refractivity contribution in [2.24, 2.45) is 0 Å². The molecule has 134 valence electrons. The van der Waals surface area contributed by atoms with Crippen LogP contribution < -0.4 is 4.74 Å². The van der Waals surface area contributed by atoms with Crippen LogP contribution >= 0.6 is 0 Å². The maximum Gasteiger partial charge on any atom is 0.260 e. The first-order valence-corrected chi connectivity index (χ1v) is 8.46. The van der Waals surface area contributed by atoms with Gasteiger partial charge in [0.15, 0.2) is 6.61 Å². The smallest absolute Gasteiger partial charge is 0.260 e. The first-order valence-electron chi connectivity index (χ1n) is 8.46. The van der Waals surface area contributed by atoms with E-state index in [1.54, 1.807) is 11.1 Å². The van der Waals surface area contributed by atoms with Gasteiger partial charge in [-0.25, -0.2) is 4.39 Å². The number of hydrogen-bond donors (Lipinski definition) is 1. The molecule has 1 saturated heterocycles. The molecule has 25 heavy (non-hydrogen) atoms. The number of likely N-dealkylation sites (tertiary alicyclic amines) is 1. The number of carbonyl (C=O) groups is 1. The zero-order valence-electron chi connectivity index (χ0n) is 14.0. The number of hydrogen-bond acceptors (Lipinski definition) is 4. The molecule has 1 aliphatic rings. The van der Waals surface area contributed by atoms with Gasteiger partial charge >= 0.3 is 0 Å². The number of amides is 1. The van der Waals surface area contributed by atoms with Gasteiger partial charge in [-0.05, 0) is 43.2 Å². The molecule has 0 unspecified atom stereocenters. The second kappa shape index (κ2) is 8.11. The summed E-state index contributed by atoms with van der Waals surface area (Å²) in [5, 5.41) is 13.3. The molecule has 6 nitrogen and oxygen atoms in total. The molecule has 3 rings (SSSR count). The van der Waals surface area contributed by atoms with Crippen molar-refractivity contribution in [2.45, 2.75) is 25.3 Å². The lowest BCUT2D eigenvalue weighted by Gasteiger charge is -2.32. The van der Waals surface area contributed by atoms with Crippen LogP contribution in [0, 0.1) is 5.82 Å². The summed E-state index contributed by atoms with van der Waals surface area (Å²) in [6, 6.07) is 7.62. The van der Waals surface area contributed by atoms with E-state index in [-0.39, 0.29) is 24.9 Å². The summed E-state index contributed by atoms with van der Waals surface area (Å²) >= 11 is 0. The van der Waals surface area contributed by atoms with Crippen molar-refractivity contribution in [1.82, 2.24) is 14.7 Å². The van der Waals surface area contributed by atoms with E-state index in [0.29, 0.717) is 31.3 Å². The summed E-state index contributed by atoms with van der Waals surface area (Å²) in [6.45, 7) is 1.85. The maximum atomic E-state index is 12.9. The number of aromatic nitrogens is 2. The molecule has 2 heterocycles. The van der Waals surface area contributed by atoms with Crippen LogP contribution in [-0.2, 0) is 11.3 Å². The van der Waals surface area contributed by atoms with Crippen LogP contribution in [0.25, 0.3) is 0 Å². The molecule has 1 fully saturated rings. The molecule has 1 aliphatic heterocycles. The Bertz CT molecular complexity index is 694. The van der Waals surface area contributed by atoms with Crippen molar-refractivity contribution in [1.29, 1.82) is 0 Å². The highest BCUT2D eigenvalue weighted by molar-refractivity contribution is 5.77. The molecule has 0 atom stereocenters. The number of aliphatic hydroxyl groups is 1. The lowest BCUT2D eigenvalue weighted by atomic mass is 9.93. The number of halogens is 1. The molecule has 7 heteroatoms. The lowest BCUT2D eigenvalue weighted by molar-refractivity contribution is -0.134. The van der Waals surface area contributed by atoms with Crippen molar-refractivity contribution in [3.63, 3.8) is 0 Å². The van der Waals surface area contributed by atoms with Crippen LogP contribution in [0.15, 0.2) is 36.5 Å². The molecule has 0 radical (unpaired) electrons. The highest BCUT2D eigenvalue weighted by Gasteiger charge is 2.25. The van der Waals surface area contributed by atoms with Gasteiger partial charge in [-0.15, -0.1) is 0 Å². The fraction of sp³-hybridized carbons (Fsp3) is 0.444. The molecule has 2 aromatic rings. The van der Waals surface area contributed by atoms with Crippen molar-refractivity contribution in [3.8, 4) is 5.75 Å². The average Bonchev–Trinajstić information content (AvgIpc) is 3.10. The standard InChI is InChI=1S/C18H22FN3O3/c19-15-1-3-16(4-2-15)25-13-18(24)21-9-6-14(7-10-21)17-5-8-20-22(17)11-12-23/h1-5,8,14,23H,6-7,9-13H2. The summed E-state index contributed by atoms with van der Waals surface area (Å²) in [7, 11) is 0. The quantitative estimate of drug-likeness (QED) is 0.865. The van der Waals surface area contributed by atoms with Crippen molar-refractivity contribution < 1.29 is 19.0 Å². The number of piperidine rings is 1. The molecule has 1 aromatic heterocycles. The second-order valence-electron chi connectivity index (χ2n) is 6.10. The molecule has 1 amide bonds. The number of rotatable bonds is 6. The van der Waals surface area contributed by atoms with E-state index in [9.17, 15) is 9.18 Å². The summed E-state index contributed by atoms with van der Waals surface area (Å²) in [6.07, 6.45) is 3.47. The predicted molar refractivity (Wildman–Crippen MR) is 89.8 cm³/mol. The van der Waals surface area contributed by atoms with Gasteiger partial charge in [-0.2, -0.15) is 5.10 Å². The topological polar surface area (TPSA) is 67.6 Å². The minimum absolute atomic E-state index is 0.0429. The third-order valence-electron chi connectivity index (χ3n) is 4.50. The third-order valence-corrected chi connectivity index (χ3v) is 4.50. The lowest BCUT2D eigenvalue weighted by Crippen LogP contribution is -2.40. The highest BCUT2D eigenvalue weighted by atomic mass is 19.1. The van der Waals surface area contributed by atoms with Gasteiger partial charge in [0.2, 0.25) is 0 Å². The van der Waals surface area contributed by atoms with Gasteiger partial charge in [0, 0.05) is 30.9 Å². The third kappa shape index (κ3) is 4.36. The Morgan fingerprint density at radius 2 is 1.96 bits per heavy atom. The predicted octanol–water partition coefficient (Wildman–Crippen LogP) is 1.80. The molecule has 1 N–H and O–H groups in total. The molecule has 0 aliphatic carbocycles. The van der Waals surface area contributed by atoms with E-state index in [4.69, 9.17) is 9.84 Å². The van der Waals surface area contributed by atoms with Crippen LogP contribution in [0.1, 0.15) is 24.5 Å². The van der Waals surface area contributed by atoms with Crippen LogP contribution in [-0.4, -0.2) is 52.0 Å². The Morgan fingerprint density at radius 3 is 2.64 bits per heavy atom. The first-order chi connectivity index (χ1) is 12.2. The van der Waals surface area contributed by atoms with Gasteiger partial charge in [-0.3, -0.25) is 9.48 Å². The number of ether oxygens (including phenoxy) is 1. The van der Waals surface area contributed by atoms with Crippen LogP contribution in [0.2, 0.25) is 0 Å². The van der Waals surface area contributed by atoms with E-state index < -0.39 is 0 Å². The van der Waals surface area contributed by atoms with E-state index in [1.165, 1.54) is 24.3 Å². The van der Waals surface area contributed by atoms with Crippen molar-refractivity contribution in [3.05, 3.63) is 48.0 Å². The first kappa shape index (κ1) is 17.4. The fourth-order valence-electron chi connectivity index (χ4n) is 3.16. The van der Waals surface area contributed by atoms with Gasteiger partial charge < -0.3 is 14.7 Å². The maximum absolute atomic E-state index is 12.9. The molecular formula is C18H22FN3O3. The van der Waals surface area contributed by atoms with E-state index in [1.807, 2.05) is 10.7 Å². The van der Waals surface area contributed by atoms with Crippen molar-refractivity contribution >= 4 is 5.91 Å². The number of nitrogens with zero attached hydrogens (tertiary/aromatic N) is 3. The van der Waals surface area contributed by atoms with Gasteiger partial charge in [0.1, 0.15) is 11.6 Å². The Kier molecular flexibility index (Phi) is 5.65. The molecular weight excluding hydrogens is 325 g/mol. The van der Waals surface area contributed by atoms with Gasteiger partial charge in [0.05, 0.1) is 13.2 Å². The monoisotopic (exact) mass is 347 g/mol. The Morgan fingerprint density at radius 1 is 1.24 bits per heavy atom. The zero-order valence-corrected chi connectivity index (χ0v) is 14.0. The van der Waals surface area contributed by atoms with E-state index in [2.05, 4.69) is 5.10 Å². The normalized spacial score (nSPS) is 15.4. The molecule has 0 saturated carbocycles. The van der Waals surface area contributed by atoms with Crippen LogP contribution in [0.3, 0.4) is 0 Å². The summed E-state index contributed by atoms with van der Waals surface area (Å²) in [4.78, 5) is 14.1. The Hall–Kier alpha value is -2.41. The van der Waals surface area contributed by atoms with Crippen molar-refractivity contribution in [2.75, 3.05) is 26.3 Å². The highest BCUT2D eigenvalue weighted by Crippen LogP contribution is 2.27. The second-order valence-corrected chi connectivity index (χ2v) is 6.10. The summed E-state index contributed by atoms with van der Waals surface area (Å²) < 4.78 is 20.1. The minimum atomic E-state index is -0.332. The number of carbonyl (C=O) groups excluding carboxylic acids is 1. The molecule has 1 aromatic carbocycles. The molecule has 0 bridgehead atoms. The fourth-order valence-corrected chi connectivity index (χ4v) is 3.16. The van der Waals surface area contributed by atoms with E-state index >= 15 is 0 Å².